The van der Waals surface area contributed by atoms with Crippen LogP contribution in [0, 0.1) is 0 Å². The number of aromatic carboxylic acids is 1. The van der Waals surface area contributed by atoms with Crippen molar-refractivity contribution in [2.75, 3.05) is 0 Å². The summed E-state index contributed by atoms with van der Waals surface area (Å²) in [5.74, 6) is -1.00. The number of nitrogens with one attached hydrogen (secondary N) is 1. The first-order valence-corrected chi connectivity index (χ1v) is 6.94. The van der Waals surface area contributed by atoms with Crippen LogP contribution in [-0.2, 0) is 13.0 Å². The Morgan fingerprint density at radius 3 is 2.80 bits per heavy atom. The Balaban J connectivity index is 2.39. The number of hydrogen-bond acceptors (Lipinski definition) is 5. The van der Waals surface area contributed by atoms with Crippen LogP contribution in [0.1, 0.15) is 29.9 Å². The molecule has 0 unspecified atom stereocenters. The lowest BCUT2D eigenvalue weighted by Gasteiger charge is -2.05. The van der Waals surface area contributed by atoms with Gasteiger partial charge in [-0.15, -0.1) is 5.10 Å². The van der Waals surface area contributed by atoms with E-state index < -0.39 is 5.97 Å². The Bertz CT molecular complexity index is 692. The first-order valence-electron chi connectivity index (χ1n) is 6.12. The van der Waals surface area contributed by atoms with Crippen LogP contribution in [0.4, 0.5) is 0 Å². The minimum atomic E-state index is -1.00. The molecule has 0 atom stereocenters. The Morgan fingerprint density at radius 1 is 1.45 bits per heavy atom. The van der Waals surface area contributed by atoms with E-state index in [-0.39, 0.29) is 11.3 Å². The van der Waals surface area contributed by atoms with Gasteiger partial charge in [-0.2, -0.15) is 0 Å². The molecule has 0 aliphatic heterocycles. The van der Waals surface area contributed by atoms with Crippen molar-refractivity contribution in [3.05, 3.63) is 33.9 Å². The zero-order chi connectivity index (χ0) is 14.7. The topological polar surface area (TPSA) is 101 Å². The minimum absolute atomic E-state index is 0.181. The molecular formula is C12H14N4O3S. The largest absolute Gasteiger partial charge is 0.478 e. The van der Waals surface area contributed by atoms with Crippen molar-refractivity contribution < 1.29 is 9.90 Å². The van der Waals surface area contributed by atoms with E-state index in [9.17, 15) is 9.59 Å². The number of rotatable bonds is 5. The van der Waals surface area contributed by atoms with Crippen molar-refractivity contribution in [3.8, 4) is 0 Å². The van der Waals surface area contributed by atoms with E-state index in [1.807, 2.05) is 13.8 Å². The number of pyridine rings is 1. The number of aryl methyl sites for hydroxylation is 1. The van der Waals surface area contributed by atoms with E-state index in [1.165, 1.54) is 22.4 Å². The van der Waals surface area contributed by atoms with Crippen LogP contribution in [-0.4, -0.2) is 30.8 Å². The van der Waals surface area contributed by atoms with E-state index in [2.05, 4.69) is 15.2 Å². The van der Waals surface area contributed by atoms with E-state index in [4.69, 9.17) is 5.11 Å². The third-order valence-electron chi connectivity index (χ3n) is 2.70. The molecule has 0 aliphatic carbocycles. The van der Waals surface area contributed by atoms with Crippen molar-refractivity contribution in [2.24, 2.45) is 0 Å². The highest BCUT2D eigenvalue weighted by molar-refractivity contribution is 7.99. The van der Waals surface area contributed by atoms with Gasteiger partial charge in [-0.25, -0.2) is 19.7 Å². The van der Waals surface area contributed by atoms with Crippen LogP contribution >= 0.6 is 11.8 Å². The Hall–Kier alpha value is -2.09. The fourth-order valence-electron chi connectivity index (χ4n) is 1.67. The molecule has 0 aromatic carbocycles. The van der Waals surface area contributed by atoms with Gasteiger partial charge in [0.25, 0.3) is 0 Å². The molecule has 2 N–H and O–H groups in total. The van der Waals surface area contributed by atoms with Crippen molar-refractivity contribution in [1.29, 1.82) is 0 Å². The number of H-pyrrole nitrogens is 1. The second-order valence-electron chi connectivity index (χ2n) is 4.00. The maximum absolute atomic E-state index is 11.5. The fourth-order valence-corrected chi connectivity index (χ4v) is 2.62. The maximum atomic E-state index is 11.5. The summed E-state index contributed by atoms with van der Waals surface area (Å²) in [4.78, 5) is 26.9. The maximum Gasteiger partial charge on any atom is 0.343 e. The standard InChI is InChI=1S/C12H14N4O3S/c1-3-8-5-7(10(17)18)6-9(13-8)20-12-15-14-11(19)16(12)4-2/h5-6H,3-4H2,1-2H3,(H,14,19)(H,17,18). The summed E-state index contributed by atoms with van der Waals surface area (Å²) in [5, 5.41) is 16.3. The van der Waals surface area contributed by atoms with Crippen LogP contribution in [0.15, 0.2) is 27.1 Å². The number of carboxylic acids is 1. The molecule has 0 aliphatic rings. The average Bonchev–Trinajstić information content (AvgIpc) is 2.78. The molecule has 0 radical (unpaired) electrons. The molecule has 0 saturated carbocycles. The molecule has 106 valence electrons. The van der Waals surface area contributed by atoms with Gasteiger partial charge in [-0.1, -0.05) is 6.92 Å². The SMILES string of the molecule is CCc1cc(C(=O)O)cc(Sc2n[nH]c(=O)n2CC)n1. The highest BCUT2D eigenvalue weighted by Crippen LogP contribution is 2.24. The summed E-state index contributed by atoms with van der Waals surface area (Å²) < 4.78 is 1.46. The molecular weight excluding hydrogens is 280 g/mol. The highest BCUT2D eigenvalue weighted by Gasteiger charge is 2.13. The molecule has 20 heavy (non-hydrogen) atoms. The summed E-state index contributed by atoms with van der Waals surface area (Å²) >= 11 is 1.17. The number of nitrogens with zero attached hydrogens (tertiary/aromatic N) is 3. The third kappa shape index (κ3) is 2.90. The molecule has 0 fully saturated rings. The number of carboxylic acid groups (broad SMARTS) is 1. The fraction of sp³-hybridized carbons (Fsp3) is 0.333. The first-order chi connectivity index (χ1) is 9.55. The van der Waals surface area contributed by atoms with Gasteiger partial charge in [-0.3, -0.25) is 4.57 Å². The third-order valence-corrected chi connectivity index (χ3v) is 3.61. The van der Waals surface area contributed by atoms with E-state index in [1.54, 1.807) is 6.07 Å². The van der Waals surface area contributed by atoms with Gasteiger partial charge in [0, 0.05) is 12.2 Å². The summed E-state index contributed by atoms with van der Waals surface area (Å²) in [6.07, 6.45) is 0.635. The number of carbonyl (C=O) groups is 1. The number of aromatic nitrogens is 4. The van der Waals surface area contributed by atoms with Crippen molar-refractivity contribution in [2.45, 2.75) is 37.0 Å². The number of hydrogen-bond donors (Lipinski definition) is 2. The van der Waals surface area contributed by atoms with Crippen LogP contribution < -0.4 is 5.69 Å². The molecule has 2 aromatic rings. The molecule has 2 heterocycles. The monoisotopic (exact) mass is 294 g/mol. The van der Waals surface area contributed by atoms with Crippen LogP contribution in [0.25, 0.3) is 0 Å². The lowest BCUT2D eigenvalue weighted by atomic mass is 10.2. The van der Waals surface area contributed by atoms with Gasteiger partial charge in [0.05, 0.1) is 5.56 Å². The lowest BCUT2D eigenvalue weighted by molar-refractivity contribution is 0.0696. The summed E-state index contributed by atoms with van der Waals surface area (Å²) in [6, 6.07) is 3.02. The molecule has 2 rings (SSSR count). The molecule has 2 aromatic heterocycles. The van der Waals surface area contributed by atoms with Gasteiger partial charge in [0.2, 0.25) is 0 Å². The molecule has 7 nitrogen and oxygen atoms in total. The highest BCUT2D eigenvalue weighted by atomic mass is 32.2. The van der Waals surface area contributed by atoms with E-state index in [0.29, 0.717) is 28.8 Å². The molecule has 0 saturated heterocycles. The molecule has 8 heteroatoms. The zero-order valence-corrected chi connectivity index (χ0v) is 11.9. The van der Waals surface area contributed by atoms with Gasteiger partial charge < -0.3 is 5.11 Å². The molecule has 0 spiro atoms. The normalized spacial score (nSPS) is 10.7. The first kappa shape index (κ1) is 14.3. The van der Waals surface area contributed by atoms with Gasteiger partial charge in [0.15, 0.2) is 5.16 Å². The van der Waals surface area contributed by atoms with Gasteiger partial charge in [0.1, 0.15) is 5.03 Å². The Labute approximate surface area is 119 Å². The predicted octanol–water partition coefficient (Wildman–Crippen LogP) is 1.40. The smallest absolute Gasteiger partial charge is 0.343 e. The summed E-state index contributed by atoms with van der Waals surface area (Å²) in [7, 11) is 0. The molecule has 0 bridgehead atoms. The quantitative estimate of drug-likeness (QED) is 0.864. The van der Waals surface area contributed by atoms with Crippen LogP contribution in [0.5, 0.6) is 0 Å². The van der Waals surface area contributed by atoms with Gasteiger partial charge in [-0.05, 0) is 37.2 Å². The zero-order valence-electron chi connectivity index (χ0n) is 11.1. The second-order valence-corrected chi connectivity index (χ2v) is 4.99. The second kappa shape index (κ2) is 5.91. The van der Waals surface area contributed by atoms with E-state index >= 15 is 0 Å². The lowest BCUT2D eigenvalue weighted by Crippen LogP contribution is -2.16. The predicted molar refractivity (Wildman–Crippen MR) is 73.2 cm³/mol. The number of aromatic amines is 1. The van der Waals surface area contributed by atoms with Crippen LogP contribution in [0.3, 0.4) is 0 Å². The van der Waals surface area contributed by atoms with Crippen LogP contribution in [0.2, 0.25) is 0 Å². The minimum Gasteiger partial charge on any atom is -0.478 e. The molecule has 0 amide bonds. The van der Waals surface area contributed by atoms with E-state index in [0.717, 1.165) is 0 Å². The average molecular weight is 294 g/mol. The van der Waals surface area contributed by atoms with Crippen molar-refractivity contribution in [3.63, 3.8) is 0 Å². The van der Waals surface area contributed by atoms with Crippen molar-refractivity contribution in [1.82, 2.24) is 19.7 Å². The Kier molecular flexibility index (Phi) is 4.23. The van der Waals surface area contributed by atoms with Gasteiger partial charge >= 0.3 is 11.7 Å². The summed E-state index contributed by atoms with van der Waals surface area (Å²) in [6.45, 7) is 4.22. The van der Waals surface area contributed by atoms with Crippen molar-refractivity contribution >= 4 is 17.7 Å². The summed E-state index contributed by atoms with van der Waals surface area (Å²) in [5.41, 5.74) is 0.578. The Morgan fingerprint density at radius 2 is 2.20 bits per heavy atom.